The molecule has 0 amide bonds. The van der Waals surface area contributed by atoms with Gasteiger partial charge in [0.2, 0.25) is 0 Å². The molecule has 0 saturated carbocycles. The van der Waals surface area contributed by atoms with Crippen LogP contribution in [0.1, 0.15) is 23.5 Å². The molecule has 10 heteroatoms. The highest BCUT2D eigenvalue weighted by Crippen LogP contribution is 2.26. The van der Waals surface area contributed by atoms with E-state index in [1.807, 2.05) is 29.3 Å². The van der Waals surface area contributed by atoms with Crippen molar-refractivity contribution in [2.75, 3.05) is 39.8 Å². The lowest BCUT2D eigenvalue weighted by atomic mass is 10.2. The molecule has 0 spiro atoms. The van der Waals surface area contributed by atoms with E-state index in [-0.39, 0.29) is 0 Å². The summed E-state index contributed by atoms with van der Waals surface area (Å²) in [4.78, 5) is 22.8. The van der Waals surface area contributed by atoms with E-state index in [1.165, 1.54) is 12.3 Å². The van der Waals surface area contributed by atoms with Crippen molar-refractivity contribution >= 4 is 11.2 Å². The predicted molar refractivity (Wildman–Crippen MR) is 128 cm³/mol. The predicted octanol–water partition coefficient (Wildman–Crippen LogP) is 2.53. The molecule has 0 aromatic carbocycles. The van der Waals surface area contributed by atoms with Gasteiger partial charge in [-0.1, -0.05) is 0 Å². The Hall–Kier alpha value is -3.24. The van der Waals surface area contributed by atoms with E-state index in [9.17, 15) is 4.39 Å². The first-order valence-electron chi connectivity index (χ1n) is 11.7. The molecular weight excluding hydrogens is 433 g/mol. The Bertz CT molecular complexity index is 1290. The monoisotopic (exact) mass is 463 g/mol. The summed E-state index contributed by atoms with van der Waals surface area (Å²) in [6.07, 6.45) is 7.83. The fourth-order valence-corrected chi connectivity index (χ4v) is 4.50. The Morgan fingerprint density at radius 3 is 2.59 bits per heavy atom. The number of aryl methyl sites for hydroxylation is 3. The van der Waals surface area contributed by atoms with E-state index >= 15 is 0 Å². The molecule has 34 heavy (non-hydrogen) atoms. The van der Waals surface area contributed by atoms with Crippen LogP contribution < -0.4 is 0 Å². The van der Waals surface area contributed by atoms with Crippen LogP contribution in [0.25, 0.3) is 22.6 Å². The van der Waals surface area contributed by atoms with Crippen LogP contribution >= 0.6 is 0 Å². The minimum atomic E-state index is -0.400. The standard InChI is InChI=1S/C24H30FN9/c1-17-22-24(29-18(2)28-17)34(23(30-22)20-11-21(25)14-26-13-20)16-19-12-27-33(15-19)6-4-5-32-9-7-31(3)8-10-32/h11-15H,4-10,16H2,1-3H3. The number of piperazine rings is 1. The number of hydrogen-bond acceptors (Lipinski definition) is 7. The van der Waals surface area contributed by atoms with E-state index in [1.54, 1.807) is 6.20 Å². The summed E-state index contributed by atoms with van der Waals surface area (Å²) >= 11 is 0. The lowest BCUT2D eigenvalue weighted by Gasteiger charge is -2.32. The van der Waals surface area contributed by atoms with Crippen LogP contribution in [0.15, 0.2) is 30.9 Å². The average molecular weight is 464 g/mol. The number of likely N-dealkylation sites (N-methyl/N-ethyl adjacent to an activating group) is 1. The van der Waals surface area contributed by atoms with E-state index in [2.05, 4.69) is 43.1 Å². The van der Waals surface area contributed by atoms with E-state index in [0.29, 0.717) is 29.3 Å². The number of imidazole rings is 1. The second-order valence-electron chi connectivity index (χ2n) is 9.05. The zero-order valence-electron chi connectivity index (χ0n) is 19.9. The number of pyridine rings is 1. The fourth-order valence-electron chi connectivity index (χ4n) is 4.50. The first-order valence-corrected chi connectivity index (χ1v) is 11.7. The molecule has 5 heterocycles. The quantitative estimate of drug-likeness (QED) is 0.417. The normalized spacial score (nSPS) is 15.4. The highest BCUT2D eigenvalue weighted by molar-refractivity contribution is 5.79. The van der Waals surface area contributed by atoms with Gasteiger partial charge in [0.05, 0.1) is 24.6 Å². The van der Waals surface area contributed by atoms with Gasteiger partial charge in [-0.2, -0.15) is 5.10 Å². The van der Waals surface area contributed by atoms with Gasteiger partial charge in [-0.15, -0.1) is 0 Å². The molecule has 4 aromatic heterocycles. The molecule has 0 unspecified atom stereocenters. The largest absolute Gasteiger partial charge is 0.304 e. The van der Waals surface area contributed by atoms with Crippen molar-refractivity contribution in [3.63, 3.8) is 0 Å². The zero-order chi connectivity index (χ0) is 23.7. The summed E-state index contributed by atoms with van der Waals surface area (Å²) in [5.74, 6) is 0.894. The molecule has 0 radical (unpaired) electrons. The van der Waals surface area contributed by atoms with Crippen LogP contribution in [0.4, 0.5) is 4.39 Å². The maximum absolute atomic E-state index is 13.9. The molecule has 0 aliphatic carbocycles. The van der Waals surface area contributed by atoms with Crippen molar-refractivity contribution in [3.8, 4) is 11.4 Å². The van der Waals surface area contributed by atoms with Gasteiger partial charge in [0.25, 0.3) is 0 Å². The molecule has 0 atom stereocenters. The van der Waals surface area contributed by atoms with Gasteiger partial charge in [0, 0.05) is 56.2 Å². The second-order valence-corrected chi connectivity index (χ2v) is 9.05. The first-order chi connectivity index (χ1) is 16.5. The number of halogens is 1. The van der Waals surface area contributed by atoms with Crippen LogP contribution in [0.5, 0.6) is 0 Å². The van der Waals surface area contributed by atoms with Crippen molar-refractivity contribution in [1.29, 1.82) is 0 Å². The van der Waals surface area contributed by atoms with Gasteiger partial charge in [-0.05, 0) is 39.9 Å². The van der Waals surface area contributed by atoms with Crippen molar-refractivity contribution < 1.29 is 4.39 Å². The smallest absolute Gasteiger partial charge is 0.164 e. The number of rotatable bonds is 7. The Kier molecular flexibility index (Phi) is 6.34. The van der Waals surface area contributed by atoms with Gasteiger partial charge in [-0.3, -0.25) is 9.67 Å². The maximum Gasteiger partial charge on any atom is 0.164 e. The molecule has 178 valence electrons. The first kappa shape index (κ1) is 22.5. The van der Waals surface area contributed by atoms with Crippen LogP contribution in [-0.4, -0.2) is 83.9 Å². The van der Waals surface area contributed by atoms with Gasteiger partial charge < -0.3 is 14.4 Å². The lowest BCUT2D eigenvalue weighted by Crippen LogP contribution is -2.44. The SMILES string of the molecule is Cc1nc(C)c2nc(-c3cncc(F)c3)n(Cc3cnn(CCCN4CCN(C)CC4)c3)c2n1. The number of hydrogen-bond donors (Lipinski definition) is 0. The molecule has 1 aliphatic rings. The van der Waals surface area contributed by atoms with Crippen molar-refractivity contribution in [1.82, 2.24) is 44.1 Å². The maximum atomic E-state index is 13.9. The summed E-state index contributed by atoms with van der Waals surface area (Å²) in [7, 11) is 2.18. The number of fused-ring (bicyclic) bond motifs is 1. The third-order valence-electron chi connectivity index (χ3n) is 6.33. The van der Waals surface area contributed by atoms with E-state index in [0.717, 1.165) is 62.6 Å². The Labute approximate surface area is 198 Å². The molecular formula is C24H30FN9. The summed E-state index contributed by atoms with van der Waals surface area (Å²) in [5, 5.41) is 4.57. The van der Waals surface area contributed by atoms with Crippen LogP contribution in [0.2, 0.25) is 0 Å². The molecule has 0 N–H and O–H groups in total. The van der Waals surface area contributed by atoms with E-state index in [4.69, 9.17) is 4.98 Å². The molecule has 1 saturated heterocycles. The van der Waals surface area contributed by atoms with Crippen LogP contribution in [-0.2, 0) is 13.1 Å². The molecule has 1 fully saturated rings. The van der Waals surface area contributed by atoms with Crippen LogP contribution in [0, 0.1) is 19.7 Å². The van der Waals surface area contributed by atoms with Gasteiger partial charge in [0.1, 0.15) is 23.0 Å². The van der Waals surface area contributed by atoms with E-state index < -0.39 is 5.82 Å². The minimum Gasteiger partial charge on any atom is -0.304 e. The lowest BCUT2D eigenvalue weighted by molar-refractivity contribution is 0.151. The number of nitrogens with zero attached hydrogens (tertiary/aromatic N) is 9. The van der Waals surface area contributed by atoms with Crippen LogP contribution in [0.3, 0.4) is 0 Å². The molecule has 5 rings (SSSR count). The summed E-state index contributed by atoms with van der Waals surface area (Å²) in [6, 6.07) is 1.45. The molecule has 4 aromatic rings. The summed E-state index contributed by atoms with van der Waals surface area (Å²) in [6.45, 7) is 10.8. The third kappa shape index (κ3) is 4.83. The topological polar surface area (TPSA) is 80.8 Å². The second kappa shape index (κ2) is 9.55. The third-order valence-corrected chi connectivity index (χ3v) is 6.33. The van der Waals surface area contributed by atoms with Gasteiger partial charge in [-0.25, -0.2) is 19.3 Å². The molecule has 9 nitrogen and oxygen atoms in total. The summed E-state index contributed by atoms with van der Waals surface area (Å²) in [5.41, 5.74) is 3.89. The molecule has 0 bridgehead atoms. The fraction of sp³-hybridized carbons (Fsp3) is 0.458. The summed E-state index contributed by atoms with van der Waals surface area (Å²) < 4.78 is 17.9. The van der Waals surface area contributed by atoms with Crippen molar-refractivity contribution in [2.45, 2.75) is 33.4 Å². The Balaban J connectivity index is 1.36. The van der Waals surface area contributed by atoms with Gasteiger partial charge in [0.15, 0.2) is 5.65 Å². The number of aromatic nitrogens is 7. The minimum absolute atomic E-state index is 0.400. The van der Waals surface area contributed by atoms with Crippen molar-refractivity contribution in [2.24, 2.45) is 0 Å². The molecule has 1 aliphatic heterocycles. The van der Waals surface area contributed by atoms with Gasteiger partial charge >= 0.3 is 0 Å². The Morgan fingerprint density at radius 2 is 1.79 bits per heavy atom. The average Bonchev–Trinajstić information content (AvgIpc) is 3.40. The zero-order valence-corrected chi connectivity index (χ0v) is 19.9. The Morgan fingerprint density at radius 1 is 0.971 bits per heavy atom. The highest BCUT2D eigenvalue weighted by atomic mass is 19.1. The highest BCUT2D eigenvalue weighted by Gasteiger charge is 2.18. The van der Waals surface area contributed by atoms with Crippen molar-refractivity contribution in [3.05, 3.63) is 53.8 Å².